The van der Waals surface area contributed by atoms with Crippen LogP contribution in [0, 0.1) is 0 Å². The summed E-state index contributed by atoms with van der Waals surface area (Å²) >= 11 is 5.29. The van der Waals surface area contributed by atoms with E-state index in [2.05, 4.69) is 36.6 Å². The third-order valence-corrected chi connectivity index (χ3v) is 5.01. The molecular weight excluding hydrogens is 340 g/mol. The van der Waals surface area contributed by atoms with Crippen molar-refractivity contribution < 1.29 is 8.42 Å². The third-order valence-electron chi connectivity index (χ3n) is 3.64. The van der Waals surface area contributed by atoms with Gasteiger partial charge in [-0.1, -0.05) is 38.1 Å². The second-order valence-electron chi connectivity index (χ2n) is 6.00. The lowest BCUT2D eigenvalue weighted by Crippen LogP contribution is -2.27. The minimum Gasteiger partial charge on any atom is -0.358 e. The van der Waals surface area contributed by atoms with Crippen molar-refractivity contribution in [3.05, 3.63) is 59.7 Å². The summed E-state index contributed by atoms with van der Waals surface area (Å²) in [5, 5.41) is 6.78. The van der Waals surface area contributed by atoms with Crippen molar-refractivity contribution in [2.75, 3.05) is 11.6 Å². The van der Waals surface area contributed by atoms with Gasteiger partial charge in [-0.05, 0) is 53.5 Å². The molecule has 0 fully saturated rings. The smallest absolute Gasteiger partial charge is 0.175 e. The largest absolute Gasteiger partial charge is 0.358 e. The van der Waals surface area contributed by atoms with Gasteiger partial charge in [-0.25, -0.2) is 8.42 Å². The van der Waals surface area contributed by atoms with Crippen LogP contribution in [0.25, 0.3) is 0 Å². The first-order valence-electron chi connectivity index (χ1n) is 7.69. The van der Waals surface area contributed by atoms with Gasteiger partial charge in [0.25, 0.3) is 0 Å². The fourth-order valence-electron chi connectivity index (χ4n) is 2.16. The molecule has 0 saturated carbocycles. The van der Waals surface area contributed by atoms with Crippen molar-refractivity contribution in [3.63, 3.8) is 0 Å². The molecule has 4 nitrogen and oxygen atoms in total. The average Bonchev–Trinajstić information content (AvgIpc) is 2.53. The van der Waals surface area contributed by atoms with Crippen molar-refractivity contribution in [3.8, 4) is 0 Å². The molecule has 0 radical (unpaired) electrons. The minimum atomic E-state index is -3.16. The number of hydrogen-bond donors (Lipinski definition) is 2. The van der Waals surface area contributed by atoms with E-state index in [1.807, 2.05) is 12.1 Å². The summed E-state index contributed by atoms with van der Waals surface area (Å²) in [5.74, 6) is 0.499. The molecule has 128 valence electrons. The van der Waals surface area contributed by atoms with Crippen molar-refractivity contribution in [2.24, 2.45) is 0 Å². The van der Waals surface area contributed by atoms with Crippen LogP contribution >= 0.6 is 12.2 Å². The van der Waals surface area contributed by atoms with Crippen LogP contribution in [0.3, 0.4) is 0 Å². The highest BCUT2D eigenvalue weighted by molar-refractivity contribution is 7.90. The third kappa shape index (κ3) is 5.32. The summed E-state index contributed by atoms with van der Waals surface area (Å²) < 4.78 is 22.9. The van der Waals surface area contributed by atoms with E-state index in [-0.39, 0.29) is 0 Å². The highest BCUT2D eigenvalue weighted by Crippen LogP contribution is 2.17. The maximum Gasteiger partial charge on any atom is 0.175 e. The van der Waals surface area contributed by atoms with Crippen LogP contribution in [0.4, 0.5) is 5.69 Å². The first-order chi connectivity index (χ1) is 11.3. The van der Waals surface area contributed by atoms with Gasteiger partial charge in [0, 0.05) is 18.5 Å². The van der Waals surface area contributed by atoms with Gasteiger partial charge >= 0.3 is 0 Å². The highest BCUT2D eigenvalue weighted by atomic mass is 32.2. The lowest BCUT2D eigenvalue weighted by molar-refractivity contribution is 0.602. The molecule has 0 heterocycles. The summed E-state index contributed by atoms with van der Waals surface area (Å²) in [5.41, 5.74) is 3.18. The predicted molar refractivity (Wildman–Crippen MR) is 103 cm³/mol. The predicted octanol–water partition coefficient (Wildman–Crippen LogP) is 3.70. The summed E-state index contributed by atoms with van der Waals surface area (Å²) in [4.78, 5) is 0.317. The van der Waals surface area contributed by atoms with Crippen LogP contribution in [0.1, 0.15) is 30.9 Å². The van der Waals surface area contributed by atoms with Crippen LogP contribution in [-0.4, -0.2) is 19.8 Å². The molecule has 0 aliphatic heterocycles. The molecule has 0 spiro atoms. The van der Waals surface area contributed by atoms with Crippen molar-refractivity contribution in [2.45, 2.75) is 31.2 Å². The topological polar surface area (TPSA) is 58.2 Å². The Balaban J connectivity index is 1.89. The number of hydrogen-bond acceptors (Lipinski definition) is 3. The minimum absolute atomic E-state index is 0.317. The SMILES string of the molecule is CC(C)c1ccc(NC(=S)NCc2ccc(S(C)(=O)=O)cc2)cc1. The maximum absolute atomic E-state index is 11.4. The number of rotatable bonds is 5. The van der Waals surface area contributed by atoms with Gasteiger partial charge in [0.1, 0.15) is 0 Å². The molecule has 2 rings (SSSR count). The molecule has 0 atom stereocenters. The monoisotopic (exact) mass is 362 g/mol. The van der Waals surface area contributed by atoms with Gasteiger partial charge < -0.3 is 10.6 Å². The van der Waals surface area contributed by atoms with Crippen molar-refractivity contribution in [1.82, 2.24) is 5.32 Å². The molecular formula is C18H22N2O2S2. The molecule has 2 N–H and O–H groups in total. The Morgan fingerprint density at radius 2 is 1.62 bits per heavy atom. The lowest BCUT2D eigenvalue weighted by atomic mass is 10.0. The molecule has 0 amide bonds. The van der Waals surface area contributed by atoms with Crippen LogP contribution in [-0.2, 0) is 16.4 Å². The summed E-state index contributed by atoms with van der Waals surface area (Å²) in [7, 11) is -3.16. The van der Waals surface area contributed by atoms with Gasteiger partial charge in [-0.3, -0.25) is 0 Å². The lowest BCUT2D eigenvalue weighted by Gasteiger charge is -2.12. The van der Waals surface area contributed by atoms with E-state index in [1.165, 1.54) is 11.8 Å². The molecule has 0 unspecified atom stereocenters. The van der Waals surface area contributed by atoms with Crippen LogP contribution < -0.4 is 10.6 Å². The standard InChI is InChI=1S/C18H22N2O2S2/c1-13(2)15-6-8-16(9-7-15)20-18(23)19-12-14-4-10-17(11-5-14)24(3,21)22/h4-11,13H,12H2,1-3H3,(H2,19,20,23). The fourth-order valence-corrected chi connectivity index (χ4v) is 2.98. The Labute approximate surface area is 149 Å². The van der Waals surface area contributed by atoms with Crippen molar-refractivity contribution >= 4 is 32.9 Å². The molecule has 0 bridgehead atoms. The van der Waals surface area contributed by atoms with E-state index >= 15 is 0 Å². The van der Waals surface area contributed by atoms with Gasteiger partial charge in [0.2, 0.25) is 0 Å². The molecule has 6 heteroatoms. The highest BCUT2D eigenvalue weighted by Gasteiger charge is 2.06. The van der Waals surface area contributed by atoms with E-state index in [9.17, 15) is 8.42 Å². The van der Waals surface area contributed by atoms with Crippen LogP contribution in [0.2, 0.25) is 0 Å². The number of thiocarbonyl (C=S) groups is 1. The molecule has 2 aromatic rings. The molecule has 0 aliphatic rings. The second-order valence-corrected chi connectivity index (χ2v) is 8.42. The summed E-state index contributed by atoms with van der Waals surface area (Å²) in [6, 6.07) is 14.9. The normalized spacial score (nSPS) is 11.3. The first-order valence-corrected chi connectivity index (χ1v) is 9.99. The van der Waals surface area contributed by atoms with Crippen LogP contribution in [0.15, 0.2) is 53.4 Å². The average molecular weight is 363 g/mol. The van der Waals surface area contributed by atoms with Gasteiger partial charge in [-0.15, -0.1) is 0 Å². The molecule has 0 aromatic heterocycles. The van der Waals surface area contributed by atoms with Crippen LogP contribution in [0.5, 0.6) is 0 Å². The first kappa shape index (κ1) is 18.4. The Kier molecular flexibility index (Phi) is 5.96. The van der Waals surface area contributed by atoms with Gasteiger partial charge in [0.05, 0.1) is 4.90 Å². The zero-order chi connectivity index (χ0) is 17.7. The summed E-state index contributed by atoms with van der Waals surface area (Å²) in [6.07, 6.45) is 1.20. The Morgan fingerprint density at radius 3 is 2.12 bits per heavy atom. The number of sulfone groups is 1. The second kappa shape index (κ2) is 7.77. The van der Waals surface area contributed by atoms with E-state index in [4.69, 9.17) is 12.2 Å². The molecule has 0 aliphatic carbocycles. The van der Waals surface area contributed by atoms with E-state index in [0.717, 1.165) is 11.3 Å². The van der Waals surface area contributed by atoms with E-state index < -0.39 is 9.84 Å². The number of benzene rings is 2. The van der Waals surface area contributed by atoms with Crippen molar-refractivity contribution in [1.29, 1.82) is 0 Å². The fraction of sp³-hybridized carbons (Fsp3) is 0.278. The molecule has 24 heavy (non-hydrogen) atoms. The Hall–Kier alpha value is -1.92. The molecule has 0 saturated heterocycles. The maximum atomic E-state index is 11.4. The Bertz CT molecular complexity index is 796. The number of anilines is 1. The van der Waals surface area contributed by atoms with E-state index in [0.29, 0.717) is 22.5 Å². The zero-order valence-corrected chi connectivity index (χ0v) is 15.7. The Morgan fingerprint density at radius 1 is 1.04 bits per heavy atom. The summed E-state index contributed by atoms with van der Waals surface area (Å²) in [6.45, 7) is 4.84. The number of nitrogens with one attached hydrogen (secondary N) is 2. The quantitative estimate of drug-likeness (QED) is 0.794. The zero-order valence-electron chi connectivity index (χ0n) is 14.0. The van der Waals surface area contributed by atoms with Gasteiger partial charge in [-0.2, -0.15) is 0 Å². The van der Waals surface area contributed by atoms with Gasteiger partial charge in [0.15, 0.2) is 14.9 Å². The van der Waals surface area contributed by atoms with E-state index in [1.54, 1.807) is 24.3 Å². The molecule has 2 aromatic carbocycles.